The van der Waals surface area contributed by atoms with Gasteiger partial charge >= 0.3 is 12.0 Å². The number of nitrogens with one attached hydrogen (secondary N) is 2. The van der Waals surface area contributed by atoms with Gasteiger partial charge in [0.25, 0.3) is 0 Å². The number of urea groups is 1. The minimum Gasteiger partial charge on any atom is -0.480 e. The Morgan fingerprint density at radius 1 is 1.22 bits per heavy atom. The lowest BCUT2D eigenvalue weighted by Crippen LogP contribution is -2.49. The van der Waals surface area contributed by atoms with Gasteiger partial charge in [0.1, 0.15) is 6.04 Å². The zero-order valence-corrected chi connectivity index (χ0v) is 14.6. The number of nitrogens with zero attached hydrogens (tertiary/aromatic N) is 2. The van der Waals surface area contributed by atoms with E-state index in [-0.39, 0.29) is 18.1 Å². The topological polar surface area (TPSA) is 233 Å². The summed E-state index contributed by atoms with van der Waals surface area (Å²) in [7, 11) is 0. The summed E-state index contributed by atoms with van der Waals surface area (Å²) in [5.74, 6) is -2.10. The van der Waals surface area contributed by atoms with Crippen molar-refractivity contribution in [1.82, 2.24) is 20.8 Å². The van der Waals surface area contributed by atoms with Gasteiger partial charge in [-0.25, -0.2) is 9.59 Å². The fourth-order valence-corrected chi connectivity index (χ4v) is 2.12. The molecule has 13 heteroatoms. The molecule has 152 valence electrons. The van der Waals surface area contributed by atoms with Gasteiger partial charge in [-0.05, 0) is 19.4 Å². The highest BCUT2D eigenvalue weighted by molar-refractivity contribution is 5.83. The lowest BCUT2D eigenvalue weighted by molar-refractivity contribution is -0.140. The van der Waals surface area contributed by atoms with E-state index in [1.165, 1.54) is 0 Å². The van der Waals surface area contributed by atoms with Gasteiger partial charge in [-0.2, -0.15) is 4.98 Å². The fraction of sp³-hybridized carbons (Fsp3) is 0.643. The Labute approximate surface area is 154 Å². The lowest BCUT2D eigenvalue weighted by atomic mass is 10.1. The minimum atomic E-state index is -1.52. The SMILES string of the molecule is NCCCC[C@H](N)c1noc([C@H](CC(N)=O)NC(=O)N[C@@H](CO)C(=O)O)n1. The number of primary amides is 1. The molecule has 0 radical (unpaired) electrons. The van der Waals surface area contributed by atoms with E-state index in [9.17, 15) is 14.4 Å². The van der Waals surface area contributed by atoms with E-state index >= 15 is 0 Å². The fourth-order valence-electron chi connectivity index (χ4n) is 2.12. The van der Waals surface area contributed by atoms with Crippen LogP contribution in [0.4, 0.5) is 4.79 Å². The van der Waals surface area contributed by atoms with Crippen molar-refractivity contribution in [2.75, 3.05) is 13.2 Å². The molecule has 3 amide bonds. The second kappa shape index (κ2) is 11.1. The van der Waals surface area contributed by atoms with Gasteiger partial charge in [-0.1, -0.05) is 11.6 Å². The molecule has 1 heterocycles. The third-order valence-electron chi connectivity index (χ3n) is 3.55. The third-order valence-corrected chi connectivity index (χ3v) is 3.55. The number of unbranched alkanes of at least 4 members (excludes halogenated alkanes) is 1. The van der Waals surface area contributed by atoms with Crippen LogP contribution in [-0.2, 0) is 9.59 Å². The monoisotopic (exact) mass is 387 g/mol. The smallest absolute Gasteiger partial charge is 0.328 e. The number of hydrogen-bond donors (Lipinski definition) is 7. The van der Waals surface area contributed by atoms with Crippen molar-refractivity contribution in [1.29, 1.82) is 0 Å². The minimum absolute atomic E-state index is 0.107. The molecule has 0 fully saturated rings. The number of carboxylic acid groups (broad SMARTS) is 1. The number of nitrogens with two attached hydrogens (primary N) is 3. The van der Waals surface area contributed by atoms with Crippen LogP contribution in [0, 0.1) is 0 Å². The van der Waals surface area contributed by atoms with Crippen molar-refractivity contribution in [2.24, 2.45) is 17.2 Å². The van der Waals surface area contributed by atoms with E-state index in [0.29, 0.717) is 13.0 Å². The molecule has 0 bridgehead atoms. The van der Waals surface area contributed by atoms with Crippen molar-refractivity contribution in [2.45, 2.75) is 43.8 Å². The van der Waals surface area contributed by atoms with Crippen LogP contribution >= 0.6 is 0 Å². The Balaban J connectivity index is 2.80. The van der Waals surface area contributed by atoms with Gasteiger partial charge < -0.3 is 42.6 Å². The van der Waals surface area contributed by atoms with Gasteiger partial charge in [-0.3, -0.25) is 4.79 Å². The van der Waals surface area contributed by atoms with Crippen LogP contribution in [0.5, 0.6) is 0 Å². The number of aliphatic hydroxyl groups excluding tert-OH is 1. The Morgan fingerprint density at radius 2 is 1.93 bits per heavy atom. The van der Waals surface area contributed by atoms with Crippen molar-refractivity contribution in [3.05, 3.63) is 11.7 Å². The number of hydrogen-bond acceptors (Lipinski definition) is 9. The normalized spacial score (nSPS) is 14.2. The van der Waals surface area contributed by atoms with Crippen LogP contribution in [0.3, 0.4) is 0 Å². The van der Waals surface area contributed by atoms with Crippen LogP contribution in [0.1, 0.15) is 49.5 Å². The van der Waals surface area contributed by atoms with Crippen LogP contribution in [0.25, 0.3) is 0 Å². The van der Waals surface area contributed by atoms with Crippen molar-refractivity contribution in [3.8, 4) is 0 Å². The third kappa shape index (κ3) is 7.55. The average Bonchev–Trinajstić information content (AvgIpc) is 3.08. The molecule has 0 saturated heterocycles. The summed E-state index contributed by atoms with van der Waals surface area (Å²) in [5.41, 5.74) is 16.5. The van der Waals surface area contributed by atoms with E-state index in [1.807, 2.05) is 5.32 Å². The zero-order chi connectivity index (χ0) is 20.4. The Kier molecular flexibility index (Phi) is 9.12. The molecule has 13 nitrogen and oxygen atoms in total. The number of amides is 3. The quantitative estimate of drug-likeness (QED) is 0.192. The molecule has 1 aromatic rings. The maximum absolute atomic E-state index is 11.9. The number of aliphatic carboxylic acids is 1. The highest BCUT2D eigenvalue weighted by Crippen LogP contribution is 2.19. The molecule has 0 aromatic carbocycles. The number of rotatable bonds is 12. The Bertz CT molecular complexity index is 637. The van der Waals surface area contributed by atoms with E-state index in [4.69, 9.17) is 31.9 Å². The largest absolute Gasteiger partial charge is 0.480 e. The molecule has 27 heavy (non-hydrogen) atoms. The van der Waals surface area contributed by atoms with Gasteiger partial charge in [0.2, 0.25) is 11.8 Å². The van der Waals surface area contributed by atoms with Crippen molar-refractivity contribution < 1.29 is 29.1 Å². The first-order valence-electron chi connectivity index (χ1n) is 8.26. The zero-order valence-electron chi connectivity index (χ0n) is 14.6. The van der Waals surface area contributed by atoms with Gasteiger partial charge in [0, 0.05) is 0 Å². The van der Waals surface area contributed by atoms with Gasteiger partial charge in [0.15, 0.2) is 11.9 Å². The average molecular weight is 387 g/mol. The molecule has 0 spiro atoms. The van der Waals surface area contributed by atoms with Gasteiger partial charge in [-0.15, -0.1) is 0 Å². The molecule has 0 unspecified atom stereocenters. The predicted octanol–water partition coefficient (Wildman–Crippen LogP) is -2.14. The van der Waals surface area contributed by atoms with E-state index < -0.39 is 42.6 Å². The highest BCUT2D eigenvalue weighted by atomic mass is 16.5. The number of carbonyl (C=O) groups is 3. The molecular weight excluding hydrogens is 362 g/mol. The molecule has 0 saturated carbocycles. The number of carbonyl (C=O) groups excluding carboxylic acids is 2. The summed E-state index contributed by atoms with van der Waals surface area (Å²) in [6, 6.07) is -4.08. The molecular formula is C14H25N7O6. The second-order valence-electron chi connectivity index (χ2n) is 5.80. The Morgan fingerprint density at radius 3 is 2.48 bits per heavy atom. The van der Waals surface area contributed by atoms with E-state index in [1.54, 1.807) is 0 Å². The summed E-state index contributed by atoms with van der Waals surface area (Å²) in [6.07, 6.45) is 1.76. The molecule has 0 aliphatic carbocycles. The van der Waals surface area contributed by atoms with E-state index in [2.05, 4.69) is 15.5 Å². The summed E-state index contributed by atoms with van der Waals surface area (Å²) in [4.78, 5) is 38.1. The molecule has 10 N–H and O–H groups in total. The number of aromatic nitrogens is 2. The van der Waals surface area contributed by atoms with Gasteiger partial charge in [0.05, 0.1) is 19.1 Å². The summed E-state index contributed by atoms with van der Waals surface area (Å²) in [5, 5.41) is 25.8. The summed E-state index contributed by atoms with van der Waals surface area (Å²) < 4.78 is 5.05. The summed E-state index contributed by atoms with van der Waals surface area (Å²) in [6.45, 7) is -0.277. The Hall–Kier alpha value is -2.77. The first-order valence-corrected chi connectivity index (χ1v) is 8.26. The van der Waals surface area contributed by atoms with Crippen molar-refractivity contribution >= 4 is 17.9 Å². The van der Waals surface area contributed by atoms with Crippen molar-refractivity contribution in [3.63, 3.8) is 0 Å². The maximum Gasteiger partial charge on any atom is 0.328 e. The number of carboxylic acids is 1. The predicted molar refractivity (Wildman–Crippen MR) is 90.9 cm³/mol. The molecule has 1 rings (SSSR count). The molecule has 0 aliphatic rings. The molecule has 1 aromatic heterocycles. The maximum atomic E-state index is 11.9. The van der Waals surface area contributed by atoms with Crippen LogP contribution in [0.2, 0.25) is 0 Å². The van der Waals surface area contributed by atoms with E-state index in [0.717, 1.165) is 12.8 Å². The first kappa shape index (κ1) is 22.3. The van der Waals surface area contributed by atoms with Crippen LogP contribution < -0.4 is 27.8 Å². The van der Waals surface area contributed by atoms with Crippen LogP contribution in [0.15, 0.2) is 4.52 Å². The number of aliphatic hydroxyl groups is 1. The lowest BCUT2D eigenvalue weighted by Gasteiger charge is -2.16. The molecule has 0 aliphatic heterocycles. The second-order valence-corrected chi connectivity index (χ2v) is 5.80. The highest BCUT2D eigenvalue weighted by Gasteiger charge is 2.26. The molecule has 3 atom stereocenters. The standard InChI is InChI=1S/C14H25N7O6/c15-4-2-1-3-7(16)11-20-12(27-21-11)8(5-10(17)23)18-14(26)19-9(6-22)13(24)25/h7-9,22H,1-6,15-16H2,(H2,17,23)(H,24,25)(H2,18,19,26)/t7-,8-,9-/m0/s1. The van der Waals surface area contributed by atoms with Crippen LogP contribution in [-0.4, -0.2) is 57.5 Å². The summed E-state index contributed by atoms with van der Waals surface area (Å²) >= 11 is 0. The first-order chi connectivity index (χ1) is 12.8.